The van der Waals surface area contributed by atoms with Crippen molar-refractivity contribution in [2.45, 2.75) is 25.7 Å². The van der Waals surface area contributed by atoms with E-state index in [0.29, 0.717) is 0 Å². The van der Waals surface area contributed by atoms with Gasteiger partial charge in [-0.3, -0.25) is 4.98 Å². The Morgan fingerprint density at radius 3 is 2.94 bits per heavy atom. The molecule has 0 aromatic carbocycles. The second kappa shape index (κ2) is 7.34. The van der Waals surface area contributed by atoms with Crippen molar-refractivity contribution in [3.63, 3.8) is 0 Å². The minimum Gasteiger partial charge on any atom is -0.397 e. The summed E-state index contributed by atoms with van der Waals surface area (Å²) < 4.78 is 5.57. The van der Waals surface area contributed by atoms with Gasteiger partial charge in [-0.2, -0.15) is 0 Å². The van der Waals surface area contributed by atoms with Crippen LogP contribution in [-0.4, -0.2) is 31.3 Å². The van der Waals surface area contributed by atoms with Crippen LogP contribution in [0.25, 0.3) is 0 Å². The van der Waals surface area contributed by atoms with E-state index in [2.05, 4.69) is 10.3 Å². The molecule has 4 heteroatoms. The Balaban J connectivity index is 1.42. The SMILES string of the molecule is Nc1ccc(CCNCCCOCC2CC2)nc1. The predicted octanol–water partition coefficient (Wildman–Crippen LogP) is 1.61. The summed E-state index contributed by atoms with van der Waals surface area (Å²) in [6.07, 6.45) is 6.48. The minimum absolute atomic E-state index is 0.722. The number of hydrogen-bond acceptors (Lipinski definition) is 4. The molecule has 1 aromatic rings. The number of nitrogens with two attached hydrogens (primary N) is 1. The van der Waals surface area contributed by atoms with Gasteiger partial charge in [0.1, 0.15) is 0 Å². The molecule has 0 bridgehead atoms. The first-order valence-electron chi connectivity index (χ1n) is 6.83. The first kappa shape index (κ1) is 13.3. The summed E-state index contributed by atoms with van der Waals surface area (Å²) in [5, 5.41) is 3.40. The summed E-state index contributed by atoms with van der Waals surface area (Å²) >= 11 is 0. The van der Waals surface area contributed by atoms with Gasteiger partial charge in [0, 0.05) is 31.9 Å². The van der Waals surface area contributed by atoms with Gasteiger partial charge in [-0.05, 0) is 43.9 Å². The zero-order valence-corrected chi connectivity index (χ0v) is 10.9. The van der Waals surface area contributed by atoms with Crippen LogP contribution in [0.3, 0.4) is 0 Å². The average Bonchev–Trinajstić information content (AvgIpc) is 3.19. The highest BCUT2D eigenvalue weighted by Crippen LogP contribution is 2.28. The number of rotatable bonds is 9. The molecule has 1 fully saturated rings. The Labute approximate surface area is 109 Å². The monoisotopic (exact) mass is 249 g/mol. The Bertz CT molecular complexity index is 335. The summed E-state index contributed by atoms with van der Waals surface area (Å²) in [6, 6.07) is 3.88. The molecule has 100 valence electrons. The number of nitrogen functional groups attached to an aromatic ring is 1. The van der Waals surface area contributed by atoms with Crippen LogP contribution in [0, 0.1) is 5.92 Å². The van der Waals surface area contributed by atoms with Crippen LogP contribution in [-0.2, 0) is 11.2 Å². The van der Waals surface area contributed by atoms with E-state index in [0.717, 1.165) is 56.4 Å². The average molecular weight is 249 g/mol. The van der Waals surface area contributed by atoms with Crippen molar-refractivity contribution >= 4 is 5.69 Å². The topological polar surface area (TPSA) is 60.2 Å². The zero-order chi connectivity index (χ0) is 12.6. The Morgan fingerprint density at radius 2 is 2.22 bits per heavy atom. The molecule has 3 N–H and O–H groups in total. The molecular formula is C14H23N3O. The van der Waals surface area contributed by atoms with Crippen molar-refractivity contribution in [3.8, 4) is 0 Å². The fourth-order valence-electron chi connectivity index (χ4n) is 1.76. The summed E-state index contributed by atoms with van der Waals surface area (Å²) in [5.74, 6) is 0.870. The van der Waals surface area contributed by atoms with Crippen LogP contribution >= 0.6 is 0 Å². The highest BCUT2D eigenvalue weighted by molar-refractivity contribution is 5.34. The number of aromatic nitrogens is 1. The van der Waals surface area contributed by atoms with Gasteiger partial charge in [0.05, 0.1) is 11.9 Å². The van der Waals surface area contributed by atoms with Crippen LogP contribution < -0.4 is 11.1 Å². The maximum atomic E-state index is 5.58. The lowest BCUT2D eigenvalue weighted by atomic mass is 10.2. The van der Waals surface area contributed by atoms with Crippen molar-refractivity contribution in [2.75, 3.05) is 32.0 Å². The van der Waals surface area contributed by atoms with Gasteiger partial charge in [-0.25, -0.2) is 0 Å². The molecule has 1 aliphatic carbocycles. The van der Waals surface area contributed by atoms with Gasteiger partial charge < -0.3 is 15.8 Å². The van der Waals surface area contributed by atoms with Gasteiger partial charge in [0.25, 0.3) is 0 Å². The molecule has 0 aliphatic heterocycles. The molecule has 1 heterocycles. The quantitative estimate of drug-likeness (QED) is 0.653. The normalized spacial score (nSPS) is 14.9. The molecule has 0 atom stereocenters. The van der Waals surface area contributed by atoms with Crippen molar-refractivity contribution in [3.05, 3.63) is 24.0 Å². The van der Waals surface area contributed by atoms with Gasteiger partial charge >= 0.3 is 0 Å². The number of nitrogens with zero attached hydrogens (tertiary/aromatic N) is 1. The van der Waals surface area contributed by atoms with Gasteiger partial charge in [-0.15, -0.1) is 0 Å². The minimum atomic E-state index is 0.722. The van der Waals surface area contributed by atoms with Crippen molar-refractivity contribution in [1.29, 1.82) is 0 Å². The molecule has 1 saturated carbocycles. The van der Waals surface area contributed by atoms with E-state index in [1.54, 1.807) is 6.20 Å². The lowest BCUT2D eigenvalue weighted by molar-refractivity contribution is 0.122. The number of nitrogens with one attached hydrogen (secondary N) is 1. The Hall–Kier alpha value is -1.13. The Kier molecular flexibility index (Phi) is 5.42. The maximum Gasteiger partial charge on any atom is 0.0501 e. The fraction of sp³-hybridized carbons (Fsp3) is 0.643. The third kappa shape index (κ3) is 5.47. The summed E-state index contributed by atoms with van der Waals surface area (Å²) in [4.78, 5) is 4.26. The third-order valence-electron chi connectivity index (χ3n) is 3.10. The fourth-order valence-corrected chi connectivity index (χ4v) is 1.76. The molecule has 1 aromatic heterocycles. The van der Waals surface area contributed by atoms with Gasteiger partial charge in [0.2, 0.25) is 0 Å². The zero-order valence-electron chi connectivity index (χ0n) is 10.9. The van der Waals surface area contributed by atoms with E-state index >= 15 is 0 Å². The van der Waals surface area contributed by atoms with E-state index < -0.39 is 0 Å². The van der Waals surface area contributed by atoms with Crippen LogP contribution in [0.15, 0.2) is 18.3 Å². The van der Waals surface area contributed by atoms with Crippen LogP contribution in [0.2, 0.25) is 0 Å². The lowest BCUT2D eigenvalue weighted by Crippen LogP contribution is -2.20. The summed E-state index contributed by atoms with van der Waals surface area (Å²) in [5.41, 5.74) is 7.39. The standard InChI is InChI=1S/C14H23N3O/c15-13-4-5-14(17-10-13)6-8-16-7-1-9-18-11-12-2-3-12/h4-5,10,12,16H,1-3,6-9,11,15H2. The van der Waals surface area contributed by atoms with Crippen LogP contribution in [0.1, 0.15) is 25.0 Å². The molecule has 1 aliphatic rings. The number of ether oxygens (including phenoxy) is 1. The van der Waals surface area contributed by atoms with Crippen molar-refractivity contribution < 1.29 is 4.74 Å². The second-order valence-electron chi connectivity index (χ2n) is 4.95. The summed E-state index contributed by atoms with van der Waals surface area (Å²) in [7, 11) is 0. The van der Waals surface area contributed by atoms with Gasteiger partial charge in [-0.1, -0.05) is 0 Å². The number of hydrogen-bond donors (Lipinski definition) is 2. The molecular weight excluding hydrogens is 226 g/mol. The molecule has 2 rings (SSSR count). The molecule has 4 nitrogen and oxygen atoms in total. The first-order chi connectivity index (χ1) is 8.84. The maximum absolute atomic E-state index is 5.58. The molecule has 0 radical (unpaired) electrons. The molecule has 0 saturated heterocycles. The highest BCUT2D eigenvalue weighted by atomic mass is 16.5. The predicted molar refractivity (Wildman–Crippen MR) is 73.4 cm³/mol. The van der Waals surface area contributed by atoms with Crippen molar-refractivity contribution in [1.82, 2.24) is 10.3 Å². The van der Waals surface area contributed by atoms with E-state index in [9.17, 15) is 0 Å². The summed E-state index contributed by atoms with van der Waals surface area (Å²) in [6.45, 7) is 3.82. The first-order valence-corrected chi connectivity index (χ1v) is 6.83. The molecule has 0 spiro atoms. The smallest absolute Gasteiger partial charge is 0.0501 e. The largest absolute Gasteiger partial charge is 0.397 e. The van der Waals surface area contributed by atoms with E-state index in [-0.39, 0.29) is 0 Å². The number of anilines is 1. The molecule has 0 unspecified atom stereocenters. The van der Waals surface area contributed by atoms with E-state index in [1.807, 2.05) is 12.1 Å². The van der Waals surface area contributed by atoms with Crippen LogP contribution in [0.5, 0.6) is 0 Å². The van der Waals surface area contributed by atoms with E-state index in [4.69, 9.17) is 10.5 Å². The van der Waals surface area contributed by atoms with Crippen LogP contribution in [0.4, 0.5) is 5.69 Å². The van der Waals surface area contributed by atoms with Gasteiger partial charge in [0.15, 0.2) is 0 Å². The Morgan fingerprint density at radius 1 is 1.33 bits per heavy atom. The second-order valence-corrected chi connectivity index (χ2v) is 4.95. The molecule has 0 amide bonds. The third-order valence-corrected chi connectivity index (χ3v) is 3.10. The molecule has 18 heavy (non-hydrogen) atoms. The van der Waals surface area contributed by atoms with Crippen molar-refractivity contribution in [2.24, 2.45) is 5.92 Å². The number of pyridine rings is 1. The highest BCUT2D eigenvalue weighted by Gasteiger charge is 2.20. The lowest BCUT2D eigenvalue weighted by Gasteiger charge is -2.05. The van der Waals surface area contributed by atoms with E-state index in [1.165, 1.54) is 12.8 Å².